The molecule has 1 aliphatic rings. The van der Waals surface area contributed by atoms with Gasteiger partial charge in [0.2, 0.25) is 10.0 Å². The summed E-state index contributed by atoms with van der Waals surface area (Å²) in [6, 6.07) is 1.34. The largest absolute Gasteiger partial charge is 0.336 e. The maximum atomic E-state index is 12.9. The van der Waals surface area contributed by atoms with Gasteiger partial charge < -0.3 is 4.90 Å². The number of H-pyrrole nitrogens is 1. The number of hydrogen-bond donors (Lipinski definition) is 2. The Morgan fingerprint density at radius 1 is 1.38 bits per heavy atom. The van der Waals surface area contributed by atoms with Gasteiger partial charge in [-0.2, -0.15) is 0 Å². The van der Waals surface area contributed by atoms with Crippen LogP contribution >= 0.6 is 0 Å². The minimum Gasteiger partial charge on any atom is -0.336 e. The molecular weight excluding hydrogens is 358 g/mol. The molecule has 2 aromatic rings. The molecule has 1 aliphatic heterocycles. The molecule has 2 aromatic heterocycles. The third-order valence-corrected chi connectivity index (χ3v) is 5.46. The van der Waals surface area contributed by atoms with E-state index >= 15 is 0 Å². The fourth-order valence-corrected chi connectivity index (χ4v) is 4.27. The summed E-state index contributed by atoms with van der Waals surface area (Å²) in [6.07, 6.45) is 2.39. The van der Waals surface area contributed by atoms with Gasteiger partial charge in [0.15, 0.2) is 5.65 Å². The van der Waals surface area contributed by atoms with Gasteiger partial charge in [0.05, 0.1) is 6.26 Å². The van der Waals surface area contributed by atoms with E-state index in [1.165, 1.54) is 15.6 Å². The molecule has 0 radical (unpaired) electrons. The van der Waals surface area contributed by atoms with Crippen LogP contribution in [0, 0.1) is 18.8 Å². The fourth-order valence-electron chi connectivity index (χ4n) is 3.47. The van der Waals surface area contributed by atoms with E-state index in [0.29, 0.717) is 12.2 Å². The lowest BCUT2D eigenvalue weighted by Crippen LogP contribution is -2.42. The number of carbonyl (C=O) groups is 1. The highest BCUT2D eigenvalue weighted by Gasteiger charge is 2.39. The predicted octanol–water partition coefficient (Wildman–Crippen LogP) is -0.0232. The second-order valence-electron chi connectivity index (χ2n) is 7.22. The van der Waals surface area contributed by atoms with Gasteiger partial charge in [-0.3, -0.25) is 14.7 Å². The van der Waals surface area contributed by atoms with Gasteiger partial charge in [0.25, 0.3) is 11.5 Å². The molecule has 1 fully saturated rings. The van der Waals surface area contributed by atoms with Crippen molar-refractivity contribution in [1.29, 1.82) is 0 Å². The van der Waals surface area contributed by atoms with Crippen molar-refractivity contribution < 1.29 is 13.2 Å². The number of aromatic amines is 1. The number of sulfonamides is 1. The summed E-state index contributed by atoms with van der Waals surface area (Å²) in [7, 11) is -3.39. The van der Waals surface area contributed by atoms with Gasteiger partial charge in [-0.1, -0.05) is 13.8 Å². The number of fused-ring (bicyclic) bond motifs is 1. The summed E-state index contributed by atoms with van der Waals surface area (Å²) in [5.41, 5.74) is 0.709. The Hall–Kier alpha value is -2.20. The number of hydrogen-bond acceptors (Lipinski definition) is 5. The first kappa shape index (κ1) is 18.6. The fraction of sp³-hybridized carbons (Fsp3) is 0.562. The molecule has 0 saturated carbocycles. The Kier molecular flexibility index (Phi) is 4.65. The van der Waals surface area contributed by atoms with E-state index in [1.54, 1.807) is 13.0 Å². The van der Waals surface area contributed by atoms with Crippen LogP contribution in [0.2, 0.25) is 0 Å². The molecule has 3 rings (SSSR count). The summed E-state index contributed by atoms with van der Waals surface area (Å²) < 4.78 is 27.1. The van der Waals surface area contributed by atoms with Crippen LogP contribution in [0.15, 0.2) is 17.1 Å². The van der Waals surface area contributed by atoms with Crippen molar-refractivity contribution >= 4 is 21.6 Å². The number of carbonyl (C=O) groups excluding carboxylic acids is 1. The van der Waals surface area contributed by atoms with Crippen LogP contribution in [0.1, 0.15) is 29.9 Å². The molecule has 0 unspecified atom stereocenters. The lowest BCUT2D eigenvalue weighted by Gasteiger charge is -2.21. The SMILES string of the molecule is Cc1cc2ncc(C(=O)N3C[C@H](NS(C)(=O)=O)[C@@H](C(C)C)C3)c(=O)n2[nH]1. The molecule has 1 saturated heterocycles. The summed E-state index contributed by atoms with van der Waals surface area (Å²) in [5, 5.41) is 2.86. The lowest BCUT2D eigenvalue weighted by molar-refractivity contribution is 0.0780. The van der Waals surface area contributed by atoms with E-state index in [1.807, 2.05) is 13.8 Å². The van der Waals surface area contributed by atoms with Gasteiger partial charge in [-0.05, 0) is 18.8 Å². The number of aryl methyl sites for hydroxylation is 1. The van der Waals surface area contributed by atoms with Crippen LogP contribution in [-0.2, 0) is 10.0 Å². The molecular formula is C16H23N5O4S. The highest BCUT2D eigenvalue weighted by Crippen LogP contribution is 2.25. The van der Waals surface area contributed by atoms with Crippen molar-refractivity contribution in [3.63, 3.8) is 0 Å². The first-order valence-corrected chi connectivity index (χ1v) is 10.3. The zero-order valence-electron chi connectivity index (χ0n) is 15.2. The highest BCUT2D eigenvalue weighted by atomic mass is 32.2. The maximum Gasteiger partial charge on any atom is 0.285 e. The van der Waals surface area contributed by atoms with E-state index in [2.05, 4.69) is 14.8 Å². The second kappa shape index (κ2) is 6.51. The maximum absolute atomic E-state index is 12.9. The number of likely N-dealkylation sites (tertiary alicyclic amines) is 1. The van der Waals surface area contributed by atoms with Gasteiger partial charge >= 0.3 is 0 Å². The smallest absolute Gasteiger partial charge is 0.285 e. The number of nitrogens with zero attached hydrogens (tertiary/aromatic N) is 3. The van der Waals surface area contributed by atoms with Crippen LogP contribution in [0.3, 0.4) is 0 Å². The minimum absolute atomic E-state index is 0.0270. The van der Waals surface area contributed by atoms with Crippen molar-refractivity contribution in [3.8, 4) is 0 Å². The summed E-state index contributed by atoms with van der Waals surface area (Å²) >= 11 is 0. The average Bonchev–Trinajstić information content (AvgIpc) is 3.09. The van der Waals surface area contributed by atoms with Gasteiger partial charge in [0, 0.05) is 37.1 Å². The summed E-state index contributed by atoms with van der Waals surface area (Å²) in [4.78, 5) is 31.2. The predicted molar refractivity (Wildman–Crippen MR) is 96.5 cm³/mol. The monoisotopic (exact) mass is 381 g/mol. The Labute approximate surface area is 151 Å². The molecule has 0 aromatic carbocycles. The molecule has 9 nitrogen and oxygen atoms in total. The normalized spacial score (nSPS) is 21.0. The quantitative estimate of drug-likeness (QED) is 0.772. The van der Waals surface area contributed by atoms with Crippen LogP contribution in [-0.4, -0.2) is 59.2 Å². The summed E-state index contributed by atoms with van der Waals surface area (Å²) in [5.74, 6) is -0.284. The third-order valence-electron chi connectivity index (χ3n) is 4.73. The molecule has 2 atom stereocenters. The van der Waals surface area contributed by atoms with E-state index in [-0.39, 0.29) is 30.0 Å². The van der Waals surface area contributed by atoms with Gasteiger partial charge in [-0.25, -0.2) is 22.6 Å². The van der Waals surface area contributed by atoms with Crippen molar-refractivity contribution in [3.05, 3.63) is 33.9 Å². The molecule has 0 aliphatic carbocycles. The standard InChI is InChI=1S/C16H23N5O4S/c1-9(2)12-7-20(8-13(12)19-26(4,24)25)15(22)11-6-17-14-5-10(3)18-21(14)16(11)23/h5-6,9,12-13,18-19H,7-8H2,1-4H3/t12-,13+/m1/s1. The van der Waals surface area contributed by atoms with Crippen LogP contribution in [0.4, 0.5) is 0 Å². The third kappa shape index (κ3) is 3.51. The van der Waals surface area contributed by atoms with E-state index < -0.39 is 21.5 Å². The van der Waals surface area contributed by atoms with E-state index in [0.717, 1.165) is 11.9 Å². The Bertz CT molecular complexity index is 1010. The molecule has 1 amide bonds. The summed E-state index contributed by atoms with van der Waals surface area (Å²) in [6.45, 7) is 6.38. The molecule has 142 valence electrons. The number of aromatic nitrogens is 3. The zero-order chi connectivity index (χ0) is 19.2. The number of rotatable bonds is 4. The van der Waals surface area contributed by atoms with Crippen molar-refractivity contribution in [2.75, 3.05) is 19.3 Å². The topological polar surface area (TPSA) is 117 Å². The van der Waals surface area contributed by atoms with Crippen molar-refractivity contribution in [1.82, 2.24) is 24.2 Å². The highest BCUT2D eigenvalue weighted by molar-refractivity contribution is 7.88. The Morgan fingerprint density at radius 2 is 2.08 bits per heavy atom. The van der Waals surface area contributed by atoms with Crippen LogP contribution in [0.5, 0.6) is 0 Å². The molecule has 26 heavy (non-hydrogen) atoms. The number of amides is 1. The molecule has 3 heterocycles. The number of nitrogens with one attached hydrogen (secondary N) is 2. The Morgan fingerprint density at radius 3 is 2.69 bits per heavy atom. The average molecular weight is 381 g/mol. The Balaban J connectivity index is 1.90. The van der Waals surface area contributed by atoms with Gasteiger partial charge in [-0.15, -0.1) is 0 Å². The zero-order valence-corrected chi connectivity index (χ0v) is 16.0. The molecule has 10 heteroatoms. The van der Waals surface area contributed by atoms with Crippen LogP contribution < -0.4 is 10.3 Å². The van der Waals surface area contributed by atoms with Crippen molar-refractivity contribution in [2.45, 2.75) is 26.8 Å². The second-order valence-corrected chi connectivity index (χ2v) is 9.00. The van der Waals surface area contributed by atoms with Crippen molar-refractivity contribution in [2.24, 2.45) is 11.8 Å². The molecule has 0 spiro atoms. The van der Waals surface area contributed by atoms with Crippen LogP contribution in [0.25, 0.3) is 5.65 Å². The first-order chi connectivity index (χ1) is 12.1. The molecule has 2 N–H and O–H groups in total. The minimum atomic E-state index is -3.39. The lowest BCUT2D eigenvalue weighted by atomic mass is 9.92. The first-order valence-electron chi connectivity index (χ1n) is 8.41. The van der Waals surface area contributed by atoms with E-state index in [4.69, 9.17) is 0 Å². The molecule has 0 bridgehead atoms. The van der Waals surface area contributed by atoms with Gasteiger partial charge in [0.1, 0.15) is 5.56 Å². The van der Waals surface area contributed by atoms with E-state index in [9.17, 15) is 18.0 Å².